The van der Waals surface area contributed by atoms with Crippen LogP contribution in [0.5, 0.6) is 5.75 Å². The molecule has 1 N–H and O–H groups in total. The van der Waals surface area contributed by atoms with Crippen LogP contribution in [-0.2, 0) is 9.47 Å². The van der Waals surface area contributed by atoms with Crippen molar-refractivity contribution in [3.05, 3.63) is 61.7 Å². The number of benzene rings is 2. The van der Waals surface area contributed by atoms with E-state index in [1.807, 2.05) is 18.4 Å². The molecule has 248 valence electrons. The van der Waals surface area contributed by atoms with Crippen LogP contribution in [0.25, 0.3) is 0 Å². The van der Waals surface area contributed by atoms with Crippen molar-refractivity contribution in [2.45, 2.75) is 130 Å². The van der Waals surface area contributed by atoms with Gasteiger partial charge in [-0.05, 0) is 73.9 Å². The van der Waals surface area contributed by atoms with Crippen molar-refractivity contribution in [2.75, 3.05) is 13.2 Å². The zero-order chi connectivity index (χ0) is 32.4. The van der Waals surface area contributed by atoms with Crippen LogP contribution in [0.3, 0.4) is 0 Å². The third kappa shape index (κ3) is 15.1. The summed E-state index contributed by atoms with van der Waals surface area (Å²) in [6.45, 7) is 9.52. The zero-order valence-electron chi connectivity index (χ0n) is 28.1. The lowest BCUT2D eigenvalue weighted by Crippen LogP contribution is -3.61. The molecule has 3 atom stereocenters. The van der Waals surface area contributed by atoms with Gasteiger partial charge in [-0.3, -0.25) is 0 Å². The fourth-order valence-electron chi connectivity index (χ4n) is 6.83. The van der Waals surface area contributed by atoms with Crippen molar-refractivity contribution in [1.82, 2.24) is 5.32 Å². The highest BCUT2D eigenvalue weighted by Gasteiger charge is 2.42. The lowest BCUT2D eigenvalue weighted by Gasteiger charge is -2.46. The molecule has 7 heteroatoms. The second-order valence-electron chi connectivity index (χ2n) is 13.9. The summed E-state index contributed by atoms with van der Waals surface area (Å²) in [5, 5.41) is 12.1. The van der Waals surface area contributed by atoms with Crippen molar-refractivity contribution < 1.29 is 40.2 Å². The first-order chi connectivity index (χ1) is 21.7. The number of hydrogen-bond donors (Lipinski definition) is 1. The number of hydrogen-bond acceptors (Lipinski definition) is 5. The monoisotopic (exact) mass is 731 g/mol. The maximum absolute atomic E-state index is 13.2. The Morgan fingerprint density at radius 3 is 2.18 bits per heavy atom. The largest absolute Gasteiger partial charge is 0.490 e. The number of ether oxygens (including phenoxy) is 3. The van der Waals surface area contributed by atoms with Gasteiger partial charge in [0.1, 0.15) is 25.1 Å². The second-order valence-corrected chi connectivity index (χ2v) is 17.0. The van der Waals surface area contributed by atoms with Crippen LogP contribution in [0.1, 0.15) is 118 Å². The van der Waals surface area contributed by atoms with Crippen LogP contribution >= 0.6 is 0 Å². The Bertz CT molecular complexity index is 1150. The molecule has 0 radical (unpaired) electrons. The molecule has 3 unspecified atom stereocenters. The number of amides is 1. The summed E-state index contributed by atoms with van der Waals surface area (Å²) in [6, 6.07) is 18.9. The average Bonchev–Trinajstić information content (AvgIpc) is 3.00. The summed E-state index contributed by atoms with van der Waals surface area (Å²) in [6.07, 6.45) is 17.1. The molecule has 1 fully saturated rings. The van der Waals surface area contributed by atoms with Gasteiger partial charge in [-0.2, -0.15) is 5.26 Å². The molecule has 1 aliphatic carbocycles. The molecule has 0 aliphatic heterocycles. The second kappa shape index (κ2) is 19.9. The number of carbonyl (C=O) groups is 1. The maximum Gasteiger partial charge on any atom is 0.407 e. The Labute approximate surface area is 283 Å². The molecule has 45 heavy (non-hydrogen) atoms. The number of alkyl carbamates (subject to hydrolysis) is 1. The molecular formula is C38H56IN2O4+. The number of halogens is 1. The van der Waals surface area contributed by atoms with Crippen LogP contribution in [0, 0.1) is 29.5 Å². The van der Waals surface area contributed by atoms with Crippen LogP contribution in [0.2, 0.25) is 0 Å². The van der Waals surface area contributed by atoms with Crippen LogP contribution < -0.4 is 31.3 Å². The first-order valence-electron chi connectivity index (χ1n) is 17.1. The van der Waals surface area contributed by atoms with Crippen molar-refractivity contribution in [3.8, 4) is 12.0 Å². The quantitative estimate of drug-likeness (QED) is 0.0935. The Kier molecular flexibility index (Phi) is 16.4. The van der Waals surface area contributed by atoms with Crippen molar-refractivity contribution >= 4 is 6.09 Å². The molecule has 2 aromatic carbocycles. The molecule has 0 spiro atoms. The van der Waals surface area contributed by atoms with E-state index in [0.717, 1.165) is 44.3 Å². The summed E-state index contributed by atoms with van der Waals surface area (Å²) in [5.74, 6) is 0.801. The van der Waals surface area contributed by atoms with Gasteiger partial charge in [-0.15, -0.1) is 0 Å². The normalized spacial score (nSPS) is 19.7. The zero-order valence-corrected chi connectivity index (χ0v) is 30.3. The molecule has 2 aromatic rings. The van der Waals surface area contributed by atoms with E-state index >= 15 is 0 Å². The summed E-state index contributed by atoms with van der Waals surface area (Å²) < 4.78 is 20.1. The predicted octanol–water partition coefficient (Wildman–Crippen LogP) is 6.68. The Balaban J connectivity index is 1.52. The van der Waals surface area contributed by atoms with Crippen molar-refractivity contribution in [2.24, 2.45) is 10.8 Å². The number of unbranched alkanes of at least 4 members (excludes halogenated alkanes) is 9. The highest BCUT2D eigenvalue weighted by Crippen LogP contribution is 2.46. The van der Waals surface area contributed by atoms with E-state index in [1.54, 1.807) is 0 Å². The molecule has 0 saturated heterocycles. The molecular weight excluding hydrogens is 675 g/mol. The lowest BCUT2D eigenvalue weighted by atomic mass is 9.63. The number of rotatable bonds is 20. The van der Waals surface area contributed by atoms with Crippen LogP contribution in [0.15, 0.2) is 54.6 Å². The predicted molar refractivity (Wildman–Crippen MR) is 177 cm³/mol. The summed E-state index contributed by atoms with van der Waals surface area (Å²) in [5.41, 5.74) is -0.153. The Morgan fingerprint density at radius 2 is 1.53 bits per heavy atom. The molecule has 1 aliphatic rings. The van der Waals surface area contributed by atoms with Gasteiger partial charge in [-0.25, -0.2) is 4.79 Å². The lowest BCUT2D eigenvalue weighted by molar-refractivity contribution is -0.597. The fraction of sp³-hybridized carbons (Fsp3) is 0.632. The molecule has 3 rings (SSSR count). The van der Waals surface area contributed by atoms with E-state index < -0.39 is 0 Å². The molecule has 0 heterocycles. The first-order valence-corrected chi connectivity index (χ1v) is 19.3. The highest BCUT2D eigenvalue weighted by molar-refractivity contribution is 5.67. The van der Waals surface area contributed by atoms with E-state index in [4.69, 9.17) is 19.5 Å². The van der Waals surface area contributed by atoms with E-state index in [0.29, 0.717) is 13.2 Å². The third-order valence-corrected chi connectivity index (χ3v) is 11.3. The van der Waals surface area contributed by atoms with Gasteiger partial charge in [0.25, 0.3) is 6.26 Å². The molecule has 1 saturated carbocycles. The maximum atomic E-state index is 13.2. The Hall–Kier alpha value is -2.47. The van der Waals surface area contributed by atoms with E-state index in [2.05, 4.69) is 75.5 Å². The average molecular weight is 732 g/mol. The minimum Gasteiger partial charge on any atom is -0.490 e. The fourth-order valence-corrected chi connectivity index (χ4v) is 9.04. The molecule has 6 nitrogen and oxygen atoms in total. The van der Waals surface area contributed by atoms with Crippen molar-refractivity contribution in [1.29, 1.82) is 5.26 Å². The minimum absolute atomic E-state index is 0.0250. The number of carbonyl (C=O) groups excluding carboxylic acids is 1. The van der Waals surface area contributed by atoms with Gasteiger partial charge < -0.3 is 19.5 Å². The first kappa shape index (κ1) is 37.0. The van der Waals surface area contributed by atoms with Gasteiger partial charge in [0.15, 0.2) is 7.14 Å². The third-order valence-electron chi connectivity index (χ3n) is 8.60. The van der Waals surface area contributed by atoms with Gasteiger partial charge in [0, 0.05) is 11.5 Å². The van der Waals surface area contributed by atoms with Crippen LogP contribution in [0.4, 0.5) is 4.79 Å². The molecule has 0 bridgehead atoms. The number of nitrogens with zero attached hydrogens (tertiary/aromatic N) is 1. The summed E-state index contributed by atoms with van der Waals surface area (Å²) in [4.78, 5) is 13.2. The highest BCUT2D eigenvalue weighted by atomic mass is 127. The van der Waals surface area contributed by atoms with E-state index in [1.165, 1.54) is 58.5 Å². The smallest absolute Gasteiger partial charge is 0.407 e. The standard InChI is InChI=1S/C38H55IN2O4/c1-5-6-7-8-9-10-11-12-13-17-20-35(27-44-34-23-21-32(22-24-34)39-31-18-15-14-16-19-31)45-36(42)41-33-25-37(2,3)28-38(4,26-33)29-43-30-40/h14-16,18-19,21-24,33,35H,5-13,17,20,25-29H2,1-4H3/p+1. The van der Waals surface area contributed by atoms with Gasteiger partial charge in [0.05, 0.1) is 0 Å². The van der Waals surface area contributed by atoms with Gasteiger partial charge in [-0.1, -0.05) is 104 Å². The van der Waals surface area contributed by atoms with Gasteiger partial charge >= 0.3 is 27.3 Å². The molecule has 0 aromatic heterocycles. The van der Waals surface area contributed by atoms with E-state index in [-0.39, 0.29) is 50.3 Å². The van der Waals surface area contributed by atoms with Crippen LogP contribution in [-0.4, -0.2) is 31.5 Å². The number of nitriles is 1. The SMILES string of the molecule is CCCCCCCCCCCCC(COc1ccc([I+]c2ccccc2)cc1)OC(=O)NC1CC(C)(C)CC(C)(COC#N)C1. The number of nitrogens with one attached hydrogen (secondary N) is 1. The molecule has 1 amide bonds. The minimum atomic E-state index is -0.384. The van der Waals surface area contributed by atoms with E-state index in [9.17, 15) is 4.79 Å². The summed E-state index contributed by atoms with van der Waals surface area (Å²) in [7, 11) is 0. The topological polar surface area (TPSA) is 80.6 Å². The summed E-state index contributed by atoms with van der Waals surface area (Å²) >= 11 is -0.223. The van der Waals surface area contributed by atoms with Gasteiger partial charge in [0.2, 0.25) is 0 Å². The van der Waals surface area contributed by atoms with Crippen molar-refractivity contribution in [3.63, 3.8) is 0 Å². The Morgan fingerprint density at radius 1 is 0.911 bits per heavy atom.